The smallest absolute Gasteiger partial charge is 0.340 e. The predicted octanol–water partition coefficient (Wildman–Crippen LogP) is 8.24. The number of aliphatic imine (C=N–C) groups is 1. The number of hydrogen-bond acceptors (Lipinski definition) is 7. The number of halogens is 1. The van der Waals surface area contributed by atoms with Crippen LogP contribution in [0.3, 0.4) is 0 Å². The minimum atomic E-state index is -0.955. The minimum absolute atomic E-state index is 0.00742. The van der Waals surface area contributed by atoms with E-state index in [2.05, 4.69) is 23.0 Å². The molecule has 1 atom stereocenters. The zero-order chi connectivity index (χ0) is 33.6. The Kier molecular flexibility index (Phi) is 11.3. The summed E-state index contributed by atoms with van der Waals surface area (Å²) in [6.07, 6.45) is 3.34. The van der Waals surface area contributed by atoms with Crippen molar-refractivity contribution in [3.05, 3.63) is 76.9 Å². The molecule has 7 nitrogen and oxygen atoms in total. The Morgan fingerprint density at radius 1 is 1.04 bits per heavy atom. The van der Waals surface area contributed by atoms with Gasteiger partial charge in [0.05, 0.1) is 24.0 Å². The van der Waals surface area contributed by atoms with Crippen molar-refractivity contribution < 1.29 is 23.4 Å². The second-order valence-corrected chi connectivity index (χ2v) is 13.8. The molecule has 4 rings (SSSR count). The number of hydrogen-bond donors (Lipinski definition) is 0. The van der Waals surface area contributed by atoms with E-state index in [1.165, 1.54) is 12.1 Å². The van der Waals surface area contributed by atoms with E-state index in [1.54, 1.807) is 12.1 Å². The lowest BCUT2D eigenvalue weighted by Gasteiger charge is -2.41. The van der Waals surface area contributed by atoms with Crippen LogP contribution in [-0.2, 0) is 20.7 Å². The highest BCUT2D eigenvalue weighted by molar-refractivity contribution is 5.88. The Hall–Kier alpha value is -3.78. The molecular formula is C38H50FN3O4. The number of pyridine rings is 1. The molecule has 46 heavy (non-hydrogen) atoms. The summed E-state index contributed by atoms with van der Waals surface area (Å²) in [6, 6.07) is 14.5. The lowest BCUT2D eigenvalue weighted by molar-refractivity contribution is -0.171. The summed E-state index contributed by atoms with van der Waals surface area (Å²) in [7, 11) is 1.83. The Labute approximate surface area is 274 Å². The van der Waals surface area contributed by atoms with Crippen LogP contribution in [-0.4, -0.2) is 55.6 Å². The van der Waals surface area contributed by atoms with Crippen LogP contribution in [0.5, 0.6) is 5.75 Å². The summed E-state index contributed by atoms with van der Waals surface area (Å²) in [4.78, 5) is 25.5. The van der Waals surface area contributed by atoms with Crippen LogP contribution in [0.1, 0.15) is 83.0 Å². The van der Waals surface area contributed by atoms with Gasteiger partial charge in [-0.15, -0.1) is 0 Å². The molecule has 0 aliphatic carbocycles. The van der Waals surface area contributed by atoms with Gasteiger partial charge in [-0.1, -0.05) is 31.2 Å². The molecule has 8 heteroatoms. The molecule has 0 bridgehead atoms. The molecule has 2 heterocycles. The van der Waals surface area contributed by atoms with E-state index in [-0.39, 0.29) is 17.3 Å². The van der Waals surface area contributed by atoms with Crippen molar-refractivity contribution in [3.63, 3.8) is 0 Å². The van der Waals surface area contributed by atoms with Gasteiger partial charge in [0, 0.05) is 60.7 Å². The van der Waals surface area contributed by atoms with Crippen molar-refractivity contribution in [2.24, 2.45) is 10.4 Å². The number of rotatable bonds is 11. The highest BCUT2D eigenvalue weighted by atomic mass is 19.1. The standard InChI is InChI=1S/C38H50FN3O4/c1-25(2)45-36(43)35(46-37(5,6)7)33-27(4)41-26(3)32(34(33)42-21-19-38(8,20-22-42)24-40-9)29-12-16-31(17-13-29)44-23-18-28-10-14-30(39)15-11-28/h10-17,24-25,35H,18-23H2,1-9H3/t35-/m0/s1. The van der Waals surface area contributed by atoms with Crippen LogP contribution >= 0.6 is 0 Å². The topological polar surface area (TPSA) is 73.3 Å². The predicted molar refractivity (Wildman–Crippen MR) is 184 cm³/mol. The monoisotopic (exact) mass is 631 g/mol. The molecule has 0 amide bonds. The Bertz CT molecular complexity index is 1500. The quantitative estimate of drug-likeness (QED) is 0.157. The summed E-state index contributed by atoms with van der Waals surface area (Å²) in [5.74, 6) is 0.0771. The third-order valence-electron chi connectivity index (χ3n) is 8.26. The molecule has 0 unspecified atom stereocenters. The molecule has 0 saturated carbocycles. The molecule has 0 spiro atoms. The first-order chi connectivity index (χ1) is 21.7. The summed E-state index contributed by atoms with van der Waals surface area (Å²) in [6.45, 7) is 17.8. The Morgan fingerprint density at radius 2 is 1.67 bits per heavy atom. The zero-order valence-corrected chi connectivity index (χ0v) is 28.9. The summed E-state index contributed by atoms with van der Waals surface area (Å²) in [5, 5.41) is 0. The van der Waals surface area contributed by atoms with Crippen molar-refractivity contribution in [2.75, 3.05) is 31.6 Å². The fourth-order valence-electron chi connectivity index (χ4n) is 6.04. The fraction of sp³-hybridized carbons (Fsp3) is 0.500. The number of benzene rings is 2. The maximum absolute atomic E-state index is 13.8. The maximum atomic E-state index is 13.8. The van der Waals surface area contributed by atoms with E-state index in [4.69, 9.17) is 19.2 Å². The van der Waals surface area contributed by atoms with E-state index in [0.717, 1.165) is 71.0 Å². The minimum Gasteiger partial charge on any atom is -0.493 e. The van der Waals surface area contributed by atoms with E-state index in [0.29, 0.717) is 13.0 Å². The van der Waals surface area contributed by atoms with Crippen LogP contribution in [0.4, 0.5) is 10.1 Å². The Morgan fingerprint density at radius 3 is 2.24 bits per heavy atom. The molecule has 0 radical (unpaired) electrons. The average Bonchev–Trinajstić information content (AvgIpc) is 2.97. The number of esters is 1. The molecule has 0 N–H and O–H groups in total. The molecular weight excluding hydrogens is 581 g/mol. The van der Waals surface area contributed by atoms with Crippen LogP contribution in [0, 0.1) is 25.1 Å². The van der Waals surface area contributed by atoms with Crippen molar-refractivity contribution in [2.45, 2.75) is 92.5 Å². The van der Waals surface area contributed by atoms with Crippen LogP contribution in [0.2, 0.25) is 0 Å². The van der Waals surface area contributed by atoms with Gasteiger partial charge in [-0.05, 0) is 96.7 Å². The van der Waals surface area contributed by atoms with Crippen LogP contribution in [0.25, 0.3) is 11.1 Å². The van der Waals surface area contributed by atoms with Gasteiger partial charge in [0.1, 0.15) is 11.6 Å². The number of anilines is 1. The summed E-state index contributed by atoms with van der Waals surface area (Å²) in [5.41, 5.74) is 5.67. The highest BCUT2D eigenvalue weighted by Gasteiger charge is 2.38. The SMILES string of the molecule is CN=CC1(C)CCN(c2c(-c3ccc(OCCc4ccc(F)cc4)cc3)c(C)nc(C)c2[C@H](OC(C)(C)C)C(=O)OC(C)C)CC1. The van der Waals surface area contributed by atoms with Gasteiger partial charge in [-0.25, -0.2) is 9.18 Å². The van der Waals surface area contributed by atoms with E-state index < -0.39 is 17.7 Å². The lowest BCUT2D eigenvalue weighted by atomic mass is 9.81. The van der Waals surface area contributed by atoms with Gasteiger partial charge in [0.15, 0.2) is 6.10 Å². The normalized spacial score (nSPS) is 15.8. The van der Waals surface area contributed by atoms with Crippen molar-refractivity contribution in [1.29, 1.82) is 0 Å². The van der Waals surface area contributed by atoms with Gasteiger partial charge in [0.25, 0.3) is 0 Å². The number of nitrogens with zero attached hydrogens (tertiary/aromatic N) is 3. The molecule has 2 aromatic carbocycles. The number of carbonyl (C=O) groups excluding carboxylic acids is 1. The number of aromatic nitrogens is 1. The first kappa shape index (κ1) is 35.1. The number of carbonyl (C=O) groups is 1. The third kappa shape index (κ3) is 8.93. The molecule has 1 aliphatic rings. The molecule has 1 aromatic heterocycles. The van der Waals surface area contributed by atoms with Gasteiger partial charge in [-0.2, -0.15) is 0 Å². The summed E-state index contributed by atoms with van der Waals surface area (Å²) < 4.78 is 31.6. The van der Waals surface area contributed by atoms with Crippen LogP contribution < -0.4 is 9.64 Å². The van der Waals surface area contributed by atoms with Gasteiger partial charge < -0.3 is 24.1 Å². The van der Waals surface area contributed by atoms with Gasteiger partial charge in [-0.3, -0.25) is 4.98 Å². The zero-order valence-electron chi connectivity index (χ0n) is 28.9. The molecule has 1 aliphatic heterocycles. The first-order valence-corrected chi connectivity index (χ1v) is 16.2. The van der Waals surface area contributed by atoms with E-state index in [1.807, 2.05) is 79.8 Å². The van der Waals surface area contributed by atoms with Crippen LogP contribution in [0.15, 0.2) is 53.5 Å². The van der Waals surface area contributed by atoms with E-state index >= 15 is 0 Å². The number of ether oxygens (including phenoxy) is 3. The molecule has 248 valence electrons. The van der Waals surface area contributed by atoms with Gasteiger partial charge in [0.2, 0.25) is 0 Å². The highest BCUT2D eigenvalue weighted by Crippen LogP contribution is 2.45. The first-order valence-electron chi connectivity index (χ1n) is 16.2. The second kappa shape index (κ2) is 14.8. The third-order valence-corrected chi connectivity index (χ3v) is 8.26. The fourth-order valence-corrected chi connectivity index (χ4v) is 6.04. The maximum Gasteiger partial charge on any atom is 0.340 e. The largest absolute Gasteiger partial charge is 0.493 e. The summed E-state index contributed by atoms with van der Waals surface area (Å²) >= 11 is 0. The molecule has 1 fully saturated rings. The molecule has 1 saturated heterocycles. The van der Waals surface area contributed by atoms with Crippen molar-refractivity contribution in [3.8, 4) is 16.9 Å². The number of piperidine rings is 1. The van der Waals surface area contributed by atoms with Crippen molar-refractivity contribution in [1.82, 2.24) is 4.98 Å². The number of aryl methyl sites for hydroxylation is 2. The van der Waals surface area contributed by atoms with E-state index in [9.17, 15) is 9.18 Å². The molecule has 3 aromatic rings. The van der Waals surface area contributed by atoms with Gasteiger partial charge >= 0.3 is 5.97 Å². The average molecular weight is 632 g/mol. The second-order valence-electron chi connectivity index (χ2n) is 13.8. The lowest BCUT2D eigenvalue weighted by Crippen LogP contribution is -2.41. The van der Waals surface area contributed by atoms with Crippen molar-refractivity contribution >= 4 is 17.9 Å². The Balaban J connectivity index is 1.77.